The van der Waals surface area contributed by atoms with E-state index in [-0.39, 0.29) is 36.0 Å². The number of fused-ring (bicyclic) bond motifs is 3. The normalized spacial score (nSPS) is 15.6. The lowest BCUT2D eigenvalue weighted by Crippen LogP contribution is -2.31. The summed E-state index contributed by atoms with van der Waals surface area (Å²) in [5.74, 6) is -2.18. The van der Waals surface area contributed by atoms with Crippen LogP contribution in [0.2, 0.25) is 0 Å². The number of nitrogens with two attached hydrogens (primary N) is 1. The van der Waals surface area contributed by atoms with Crippen molar-refractivity contribution in [3.8, 4) is 5.75 Å². The van der Waals surface area contributed by atoms with Crippen LogP contribution in [0.1, 0.15) is 17.0 Å². The monoisotopic (exact) mass is 411 g/mol. The average molecular weight is 411 g/mol. The molecule has 4 rings (SSSR count). The van der Waals surface area contributed by atoms with Crippen molar-refractivity contribution in [1.29, 1.82) is 0 Å². The lowest BCUT2D eigenvalue weighted by atomic mass is 9.83. The van der Waals surface area contributed by atoms with Crippen molar-refractivity contribution in [2.45, 2.75) is 5.92 Å². The number of para-hydroxylation sites is 1. The second-order valence-electron chi connectivity index (χ2n) is 6.62. The molecule has 0 fully saturated rings. The first-order chi connectivity index (χ1) is 14.5. The molecule has 1 aromatic heterocycles. The van der Waals surface area contributed by atoms with Crippen LogP contribution in [-0.4, -0.2) is 26.3 Å². The molecular weight excluding hydrogens is 393 g/mol. The van der Waals surface area contributed by atoms with E-state index in [4.69, 9.17) is 24.4 Å². The van der Waals surface area contributed by atoms with Crippen LogP contribution in [0.5, 0.6) is 5.75 Å². The zero-order chi connectivity index (χ0) is 21.3. The number of halogens is 1. The molecule has 2 aromatic carbocycles. The highest BCUT2D eigenvalue weighted by Gasteiger charge is 2.39. The molecule has 0 bridgehead atoms. The standard InChI is InChI=1S/C22H18FNO6/c1-27-10-11-28-21(25)18-16(12-6-8-13(23)9-7-12)17-19(30-20(18)24)14-4-2-3-5-15(14)29-22(17)26/h2-9,16H,10-11,24H2,1H3. The van der Waals surface area contributed by atoms with Crippen molar-refractivity contribution in [3.63, 3.8) is 0 Å². The molecule has 1 unspecified atom stereocenters. The molecule has 7 nitrogen and oxygen atoms in total. The van der Waals surface area contributed by atoms with Crippen LogP contribution < -0.4 is 16.1 Å². The predicted molar refractivity (Wildman–Crippen MR) is 105 cm³/mol. The Morgan fingerprint density at radius 2 is 1.87 bits per heavy atom. The van der Waals surface area contributed by atoms with E-state index in [1.54, 1.807) is 24.3 Å². The van der Waals surface area contributed by atoms with E-state index in [2.05, 4.69) is 0 Å². The lowest BCUT2D eigenvalue weighted by molar-refractivity contribution is -0.140. The number of hydrogen-bond acceptors (Lipinski definition) is 7. The molecule has 2 heterocycles. The van der Waals surface area contributed by atoms with Gasteiger partial charge in [0, 0.05) is 7.11 Å². The van der Waals surface area contributed by atoms with Crippen molar-refractivity contribution in [2.24, 2.45) is 5.73 Å². The van der Waals surface area contributed by atoms with Gasteiger partial charge in [0.15, 0.2) is 5.75 Å². The van der Waals surface area contributed by atoms with Gasteiger partial charge in [0.05, 0.1) is 23.5 Å². The Kier molecular flexibility index (Phi) is 5.24. The third-order valence-corrected chi connectivity index (χ3v) is 4.80. The summed E-state index contributed by atoms with van der Waals surface area (Å²) in [5, 5.41) is 0.522. The van der Waals surface area contributed by atoms with Gasteiger partial charge in [-0.15, -0.1) is 0 Å². The Hall–Kier alpha value is -3.65. The smallest absolute Gasteiger partial charge is 0.344 e. The second kappa shape index (κ2) is 8.00. The molecule has 2 N–H and O–H groups in total. The highest BCUT2D eigenvalue weighted by Crippen LogP contribution is 2.44. The summed E-state index contributed by atoms with van der Waals surface area (Å²) in [6, 6.07) is 12.2. The molecule has 154 valence electrons. The predicted octanol–water partition coefficient (Wildman–Crippen LogP) is 2.82. The van der Waals surface area contributed by atoms with Gasteiger partial charge in [-0.25, -0.2) is 14.0 Å². The molecular formula is C22H18FNO6. The average Bonchev–Trinajstić information content (AvgIpc) is 2.73. The van der Waals surface area contributed by atoms with Gasteiger partial charge in [-0.2, -0.15) is 0 Å². The van der Waals surface area contributed by atoms with Crippen LogP contribution in [0.4, 0.5) is 4.39 Å². The van der Waals surface area contributed by atoms with Crippen LogP contribution in [-0.2, 0) is 14.3 Å². The zero-order valence-electron chi connectivity index (χ0n) is 16.0. The molecule has 1 aliphatic heterocycles. The van der Waals surface area contributed by atoms with Gasteiger partial charge in [-0.3, -0.25) is 0 Å². The minimum absolute atomic E-state index is 0.0125. The van der Waals surface area contributed by atoms with Crippen LogP contribution in [0.15, 0.2) is 69.2 Å². The number of rotatable bonds is 5. The number of carbonyl (C=O) groups is 1. The van der Waals surface area contributed by atoms with E-state index in [1.165, 1.54) is 31.4 Å². The maximum absolute atomic E-state index is 13.5. The van der Waals surface area contributed by atoms with Crippen LogP contribution >= 0.6 is 0 Å². The fourth-order valence-electron chi connectivity index (χ4n) is 3.45. The van der Waals surface area contributed by atoms with Crippen molar-refractivity contribution >= 4 is 16.9 Å². The first-order valence-corrected chi connectivity index (χ1v) is 9.16. The minimum Gasteiger partial charge on any atom is -0.460 e. The van der Waals surface area contributed by atoms with Gasteiger partial charge in [0.25, 0.3) is 0 Å². The maximum Gasteiger partial charge on any atom is 0.344 e. The number of carbonyl (C=O) groups excluding carboxylic acids is 1. The summed E-state index contributed by atoms with van der Waals surface area (Å²) < 4.78 is 34.8. The van der Waals surface area contributed by atoms with Crippen molar-refractivity contribution in [2.75, 3.05) is 20.3 Å². The molecule has 1 aliphatic rings. The highest BCUT2D eigenvalue weighted by atomic mass is 19.1. The van der Waals surface area contributed by atoms with E-state index >= 15 is 0 Å². The Morgan fingerprint density at radius 1 is 1.13 bits per heavy atom. The molecule has 3 aromatic rings. The van der Waals surface area contributed by atoms with Crippen LogP contribution in [0.25, 0.3) is 11.0 Å². The molecule has 0 saturated heterocycles. The van der Waals surface area contributed by atoms with Gasteiger partial charge in [0.2, 0.25) is 5.88 Å². The fraction of sp³-hybridized carbons (Fsp3) is 0.182. The first-order valence-electron chi connectivity index (χ1n) is 9.16. The maximum atomic E-state index is 13.5. The quantitative estimate of drug-likeness (QED) is 0.391. The number of esters is 1. The van der Waals surface area contributed by atoms with Crippen molar-refractivity contribution < 1.29 is 27.8 Å². The molecule has 0 aliphatic carbocycles. The molecule has 30 heavy (non-hydrogen) atoms. The Balaban J connectivity index is 1.93. The summed E-state index contributed by atoms with van der Waals surface area (Å²) in [6.07, 6.45) is 0. The summed E-state index contributed by atoms with van der Waals surface area (Å²) in [6.45, 7) is 0.172. The molecule has 0 saturated carbocycles. The van der Waals surface area contributed by atoms with E-state index in [0.29, 0.717) is 16.5 Å². The third kappa shape index (κ3) is 3.42. The highest BCUT2D eigenvalue weighted by molar-refractivity contribution is 5.94. The number of ether oxygens (including phenoxy) is 3. The van der Waals surface area contributed by atoms with Crippen molar-refractivity contribution in [3.05, 3.63) is 87.4 Å². The van der Waals surface area contributed by atoms with Crippen molar-refractivity contribution in [1.82, 2.24) is 0 Å². The Morgan fingerprint density at radius 3 is 2.60 bits per heavy atom. The van der Waals surface area contributed by atoms with E-state index in [0.717, 1.165) is 0 Å². The largest absolute Gasteiger partial charge is 0.460 e. The summed E-state index contributed by atoms with van der Waals surface area (Å²) >= 11 is 0. The number of methoxy groups -OCH3 is 1. The summed E-state index contributed by atoms with van der Waals surface area (Å²) in [4.78, 5) is 25.7. The van der Waals surface area contributed by atoms with Gasteiger partial charge in [-0.1, -0.05) is 24.3 Å². The molecule has 8 heteroatoms. The van der Waals surface area contributed by atoms with E-state index in [1.807, 2.05) is 0 Å². The Bertz CT molecular complexity index is 1200. The number of benzene rings is 2. The third-order valence-electron chi connectivity index (χ3n) is 4.80. The topological polar surface area (TPSA) is 101 Å². The fourth-order valence-corrected chi connectivity index (χ4v) is 3.45. The first kappa shape index (κ1) is 19.7. The number of hydrogen-bond donors (Lipinski definition) is 1. The van der Waals surface area contributed by atoms with E-state index < -0.39 is 23.3 Å². The SMILES string of the molecule is COCCOC(=O)C1=C(N)Oc2c(c(=O)oc3ccccc23)C1c1ccc(F)cc1. The molecule has 0 amide bonds. The van der Waals surface area contributed by atoms with E-state index in [9.17, 15) is 14.0 Å². The molecule has 0 spiro atoms. The van der Waals surface area contributed by atoms with Crippen LogP contribution in [0, 0.1) is 5.82 Å². The zero-order valence-corrected chi connectivity index (χ0v) is 16.0. The lowest BCUT2D eigenvalue weighted by Gasteiger charge is -2.28. The van der Waals surface area contributed by atoms with Gasteiger partial charge in [-0.05, 0) is 29.8 Å². The second-order valence-corrected chi connectivity index (χ2v) is 6.62. The van der Waals surface area contributed by atoms with Gasteiger partial charge >= 0.3 is 11.6 Å². The van der Waals surface area contributed by atoms with Gasteiger partial charge < -0.3 is 24.4 Å². The molecule has 1 atom stereocenters. The molecule has 0 radical (unpaired) electrons. The Labute approximate surface area is 170 Å². The summed E-state index contributed by atoms with van der Waals surface area (Å²) in [5.41, 5.74) is 6.24. The van der Waals surface area contributed by atoms with Crippen LogP contribution in [0.3, 0.4) is 0 Å². The van der Waals surface area contributed by atoms with Gasteiger partial charge in [0.1, 0.15) is 23.6 Å². The summed E-state index contributed by atoms with van der Waals surface area (Å²) in [7, 11) is 1.47. The minimum atomic E-state index is -0.953.